The second kappa shape index (κ2) is 20.9. The fourth-order valence-electron chi connectivity index (χ4n) is 9.71. The maximum atomic E-state index is 13.4. The number of anilines is 5. The Hall–Kier alpha value is -6.34. The fourth-order valence-corrected chi connectivity index (χ4v) is 9.71. The van der Waals surface area contributed by atoms with E-state index in [4.69, 9.17) is 20.2 Å². The van der Waals surface area contributed by atoms with Crippen LogP contribution in [0.3, 0.4) is 0 Å². The number of amides is 6. The van der Waals surface area contributed by atoms with E-state index in [0.717, 1.165) is 81.7 Å². The van der Waals surface area contributed by atoms with E-state index in [0.29, 0.717) is 80.4 Å². The first-order valence-corrected chi connectivity index (χ1v) is 23.4. The van der Waals surface area contributed by atoms with Gasteiger partial charge in [-0.05, 0) is 75.6 Å². The number of carbonyl (C=O) groups excluding carboxylic acids is 6. The van der Waals surface area contributed by atoms with E-state index in [9.17, 15) is 28.8 Å². The van der Waals surface area contributed by atoms with Crippen molar-refractivity contribution in [3.63, 3.8) is 0 Å². The van der Waals surface area contributed by atoms with Crippen LogP contribution in [0.15, 0.2) is 36.4 Å². The molecule has 1 atom stereocenters. The third-order valence-corrected chi connectivity index (χ3v) is 13.4. The van der Waals surface area contributed by atoms with Gasteiger partial charge in [-0.15, -0.1) is 0 Å². The maximum Gasteiger partial charge on any atom is 0.271 e. The van der Waals surface area contributed by atoms with Gasteiger partial charge in [0.15, 0.2) is 17.3 Å². The highest BCUT2D eigenvalue weighted by atomic mass is 16.5. The number of piperazine rings is 1. The van der Waals surface area contributed by atoms with Gasteiger partial charge < -0.3 is 41.0 Å². The molecule has 0 radical (unpaired) electrons. The third-order valence-electron chi connectivity index (χ3n) is 13.4. The lowest BCUT2D eigenvalue weighted by Gasteiger charge is -2.43. The van der Waals surface area contributed by atoms with E-state index in [1.807, 2.05) is 30.0 Å². The molecule has 1 unspecified atom stereocenters. The second-order valence-electron chi connectivity index (χ2n) is 17.5. The summed E-state index contributed by atoms with van der Waals surface area (Å²) in [5.41, 5.74) is 9.24. The Labute approximate surface area is 384 Å². The number of aryl methyl sites for hydroxylation is 1. The minimum absolute atomic E-state index is 0.0660. The molecule has 6 amide bonds. The fraction of sp³-hybridized carbons (Fsp3) is 0.532. The Kier molecular flexibility index (Phi) is 14.6. The molecule has 19 nitrogen and oxygen atoms in total. The van der Waals surface area contributed by atoms with Crippen LogP contribution in [0.4, 0.5) is 28.7 Å². The first-order valence-electron chi connectivity index (χ1n) is 23.4. The number of aromatic nitrogens is 2. The van der Waals surface area contributed by atoms with Crippen molar-refractivity contribution in [2.24, 2.45) is 5.73 Å². The molecular formula is C47H61N11O8. The molecule has 0 aliphatic carbocycles. The largest absolute Gasteiger partial charge is 0.495 e. The molecule has 6 heterocycles. The number of hydrogen-bond acceptors (Lipinski definition) is 15. The maximum absolute atomic E-state index is 13.4. The zero-order valence-corrected chi connectivity index (χ0v) is 37.9. The predicted molar refractivity (Wildman–Crippen MR) is 247 cm³/mol. The number of ether oxygens (including phenoxy) is 2. The molecule has 2 aromatic carbocycles. The topological polar surface area (TPSA) is 234 Å². The number of nitrogens with one attached hydrogen (secondary N) is 4. The predicted octanol–water partition coefficient (Wildman–Crippen LogP) is 3.67. The Morgan fingerprint density at radius 2 is 1.67 bits per heavy atom. The number of rotatable bonds is 17. The van der Waals surface area contributed by atoms with E-state index in [1.165, 1.54) is 0 Å². The lowest BCUT2D eigenvalue weighted by atomic mass is 10.0. The highest BCUT2D eigenvalue weighted by Crippen LogP contribution is 2.36. The Morgan fingerprint density at radius 3 is 2.38 bits per heavy atom. The molecule has 0 saturated carbocycles. The lowest BCUT2D eigenvalue weighted by molar-refractivity contribution is -0.136. The monoisotopic (exact) mass is 907 g/mol. The number of fused-ring (bicyclic) bond motifs is 1. The number of carbonyl (C=O) groups is 6. The lowest BCUT2D eigenvalue weighted by Crippen LogP contribution is -2.54. The van der Waals surface area contributed by atoms with Gasteiger partial charge in [0.25, 0.3) is 17.7 Å². The number of primary amides is 1. The van der Waals surface area contributed by atoms with Gasteiger partial charge >= 0.3 is 0 Å². The summed E-state index contributed by atoms with van der Waals surface area (Å²) in [6, 6.07) is 10.5. The van der Waals surface area contributed by atoms with Crippen molar-refractivity contribution in [3.05, 3.63) is 58.9 Å². The van der Waals surface area contributed by atoms with Gasteiger partial charge in [-0.1, -0.05) is 19.4 Å². The molecule has 4 saturated heterocycles. The summed E-state index contributed by atoms with van der Waals surface area (Å²) >= 11 is 0. The molecule has 0 spiro atoms. The number of benzene rings is 2. The molecule has 1 aromatic heterocycles. The van der Waals surface area contributed by atoms with Crippen LogP contribution in [-0.2, 0) is 25.5 Å². The van der Waals surface area contributed by atoms with E-state index in [-0.39, 0.29) is 47.4 Å². The van der Waals surface area contributed by atoms with Gasteiger partial charge in [-0.2, -0.15) is 0 Å². The van der Waals surface area contributed by atoms with Gasteiger partial charge in [-0.3, -0.25) is 43.9 Å². The van der Waals surface area contributed by atoms with E-state index < -0.39 is 35.6 Å². The smallest absolute Gasteiger partial charge is 0.271 e. The molecule has 3 aromatic rings. The summed E-state index contributed by atoms with van der Waals surface area (Å²) in [5, 5.41) is 12.3. The normalized spacial score (nSPS) is 19.7. The first-order chi connectivity index (χ1) is 32.0. The van der Waals surface area contributed by atoms with Crippen LogP contribution in [-0.4, -0.2) is 144 Å². The minimum Gasteiger partial charge on any atom is -0.495 e. The molecule has 0 bridgehead atoms. The Balaban J connectivity index is 0.761. The molecule has 352 valence electrons. The van der Waals surface area contributed by atoms with Crippen LogP contribution in [0, 0.1) is 0 Å². The van der Waals surface area contributed by atoms with Gasteiger partial charge in [-0.25, -0.2) is 9.97 Å². The van der Waals surface area contributed by atoms with Crippen LogP contribution in [0.5, 0.6) is 5.75 Å². The van der Waals surface area contributed by atoms with E-state index >= 15 is 0 Å². The SMILES string of the molecule is CCc1nc(C(N)=O)c(Nc2ccc(N3CCC(N4CCN(C(=O)CCCCCNc5cccc6c5C(=O)N(C5CCC(=O)NC5=O)C6=O)CC4)CC3)c(OC)c2)nc1NC1CCOCC1. The van der Waals surface area contributed by atoms with Crippen LogP contribution in [0.1, 0.15) is 108 Å². The molecule has 19 heteroatoms. The second-order valence-corrected chi connectivity index (χ2v) is 17.5. The van der Waals surface area contributed by atoms with Crippen molar-refractivity contribution in [2.45, 2.75) is 95.7 Å². The van der Waals surface area contributed by atoms with Crippen molar-refractivity contribution in [2.75, 3.05) is 87.0 Å². The van der Waals surface area contributed by atoms with Gasteiger partial charge in [0.05, 0.1) is 29.6 Å². The molecule has 5 aliphatic heterocycles. The Bertz CT molecular complexity index is 2320. The van der Waals surface area contributed by atoms with Crippen LogP contribution in [0.2, 0.25) is 0 Å². The number of hydrogen-bond donors (Lipinski definition) is 5. The zero-order chi connectivity index (χ0) is 46.3. The van der Waals surface area contributed by atoms with Crippen LogP contribution >= 0.6 is 0 Å². The standard InChI is InChI=1S/C47H61N11O8/c1-3-33-43(50-29-17-26-66-27-18-29)54-44(41(52-33)42(48)61)51-30-11-12-35(37(28-30)65-2)56-20-15-31(16-21-56)55-22-24-57(25-23-55)39(60)10-5-4-6-19-49-34-9-7-8-32-40(34)47(64)58(46(32)63)36-13-14-38(59)53-45(36)62/h7-9,11-12,28-29,31,36,49H,3-6,10,13-27H2,1-2H3,(H2,48,61)(H2,50,51,54)(H,53,59,62). The Morgan fingerprint density at radius 1 is 0.894 bits per heavy atom. The van der Waals surface area contributed by atoms with Crippen LogP contribution < -0.4 is 36.6 Å². The van der Waals surface area contributed by atoms with Crippen molar-refractivity contribution >= 4 is 64.1 Å². The summed E-state index contributed by atoms with van der Waals surface area (Å²) < 4.78 is 11.4. The van der Waals surface area contributed by atoms with Gasteiger partial charge in [0, 0.05) is 101 Å². The summed E-state index contributed by atoms with van der Waals surface area (Å²) in [5.74, 6) is -0.988. The summed E-state index contributed by atoms with van der Waals surface area (Å²) in [6.07, 6.45) is 7.27. The molecule has 4 fully saturated rings. The summed E-state index contributed by atoms with van der Waals surface area (Å²) in [6.45, 7) is 8.72. The molecular weight excluding hydrogens is 847 g/mol. The number of methoxy groups -OCH3 is 1. The van der Waals surface area contributed by atoms with E-state index in [1.54, 1.807) is 25.3 Å². The van der Waals surface area contributed by atoms with Crippen molar-refractivity contribution in [1.29, 1.82) is 0 Å². The first kappa shape index (κ1) is 46.2. The number of nitrogens with zero attached hydrogens (tertiary/aromatic N) is 6. The molecule has 66 heavy (non-hydrogen) atoms. The molecule has 6 N–H and O–H groups in total. The van der Waals surface area contributed by atoms with Gasteiger partial charge in [0.2, 0.25) is 17.7 Å². The summed E-state index contributed by atoms with van der Waals surface area (Å²) in [4.78, 5) is 93.5. The average molecular weight is 908 g/mol. The van der Waals surface area contributed by atoms with Crippen molar-refractivity contribution in [3.8, 4) is 5.75 Å². The third kappa shape index (κ3) is 10.2. The highest BCUT2D eigenvalue weighted by Gasteiger charge is 2.45. The number of piperidine rings is 2. The summed E-state index contributed by atoms with van der Waals surface area (Å²) in [7, 11) is 1.65. The zero-order valence-electron chi connectivity index (χ0n) is 37.9. The quantitative estimate of drug-likeness (QED) is 0.0961. The number of unbranched alkanes of at least 4 members (excludes halogenated alkanes) is 2. The minimum atomic E-state index is -1.01. The highest BCUT2D eigenvalue weighted by molar-refractivity contribution is 6.25. The molecule has 5 aliphatic rings. The van der Waals surface area contributed by atoms with Crippen molar-refractivity contribution < 1.29 is 38.2 Å². The average Bonchev–Trinajstić information content (AvgIpc) is 3.59. The van der Waals surface area contributed by atoms with E-state index in [2.05, 4.69) is 36.1 Å². The van der Waals surface area contributed by atoms with Crippen LogP contribution in [0.25, 0.3) is 0 Å². The van der Waals surface area contributed by atoms with Crippen molar-refractivity contribution in [1.82, 2.24) is 30.0 Å². The number of imide groups is 2. The number of nitrogens with two attached hydrogens (primary N) is 1. The molecule has 8 rings (SSSR count). The van der Waals surface area contributed by atoms with Gasteiger partial charge in [0.1, 0.15) is 11.8 Å².